The summed E-state index contributed by atoms with van der Waals surface area (Å²) in [6.07, 6.45) is 5.85. The molecule has 5 rings (SSSR count). The van der Waals surface area contributed by atoms with Crippen molar-refractivity contribution in [2.45, 2.75) is 59.3 Å². The van der Waals surface area contributed by atoms with E-state index in [-0.39, 0.29) is 24.1 Å². The molecule has 0 bridgehead atoms. The van der Waals surface area contributed by atoms with Crippen molar-refractivity contribution < 1.29 is 23.8 Å². The van der Waals surface area contributed by atoms with Gasteiger partial charge in [0.1, 0.15) is 24.4 Å². The number of nitrogens with one attached hydrogen (secondary N) is 1. The van der Waals surface area contributed by atoms with Crippen molar-refractivity contribution in [1.82, 2.24) is 30.1 Å². The molecule has 11 heteroatoms. The Bertz CT molecular complexity index is 1370. The second-order valence-corrected chi connectivity index (χ2v) is 11.8. The normalized spacial score (nSPS) is 16.2. The Morgan fingerprint density at radius 2 is 2.07 bits per heavy atom. The zero-order valence-electron chi connectivity index (χ0n) is 24.6. The van der Waals surface area contributed by atoms with E-state index in [1.54, 1.807) is 12.3 Å². The number of hydrogen-bond donors (Lipinski definition) is 2. The molecule has 4 heterocycles. The minimum Gasteiger partial charge on any atom is -0.485 e. The fraction of sp³-hybridized carbons (Fsp3) is 0.516. The molecule has 2 aliphatic heterocycles. The van der Waals surface area contributed by atoms with Gasteiger partial charge in [-0.05, 0) is 60.4 Å². The van der Waals surface area contributed by atoms with Gasteiger partial charge in [0.25, 0.3) is 5.91 Å². The van der Waals surface area contributed by atoms with Crippen LogP contribution in [0.2, 0.25) is 0 Å². The van der Waals surface area contributed by atoms with Gasteiger partial charge in [-0.15, -0.1) is 0 Å². The number of ether oxygens (including phenoxy) is 1. The highest BCUT2D eigenvalue weighted by Gasteiger charge is 2.31. The Kier molecular flexibility index (Phi) is 9.48. The van der Waals surface area contributed by atoms with Crippen molar-refractivity contribution in [3.8, 4) is 5.75 Å². The molecule has 1 atom stereocenters. The van der Waals surface area contributed by atoms with Crippen molar-refractivity contribution in [2.24, 2.45) is 11.8 Å². The summed E-state index contributed by atoms with van der Waals surface area (Å²) in [7, 11) is 0. The van der Waals surface area contributed by atoms with E-state index in [2.05, 4.69) is 38.2 Å². The predicted molar refractivity (Wildman–Crippen MR) is 155 cm³/mol. The molecule has 42 heavy (non-hydrogen) atoms. The fourth-order valence-electron chi connectivity index (χ4n) is 5.63. The number of likely N-dealkylation sites (tertiary alicyclic amines) is 1. The summed E-state index contributed by atoms with van der Waals surface area (Å²) in [6.45, 7) is 10.1. The number of nitrogens with zero attached hydrogens (tertiary/aromatic N) is 5. The van der Waals surface area contributed by atoms with E-state index in [1.807, 2.05) is 24.8 Å². The number of rotatable bonds is 12. The highest BCUT2D eigenvalue weighted by molar-refractivity contribution is 5.92. The zero-order chi connectivity index (χ0) is 29.6. The van der Waals surface area contributed by atoms with E-state index >= 15 is 0 Å². The first-order valence-electron chi connectivity index (χ1n) is 14.6. The van der Waals surface area contributed by atoms with Crippen molar-refractivity contribution in [1.29, 1.82) is 0 Å². The topological polar surface area (TPSA) is 134 Å². The molecule has 1 aromatic carbocycles. The van der Waals surface area contributed by atoms with Crippen LogP contribution in [0.5, 0.6) is 5.75 Å². The lowest BCUT2D eigenvalue weighted by molar-refractivity contribution is -0.138. The third kappa shape index (κ3) is 7.51. The lowest BCUT2D eigenvalue weighted by Crippen LogP contribution is -2.51. The average Bonchev–Trinajstić information content (AvgIpc) is 3.46. The summed E-state index contributed by atoms with van der Waals surface area (Å²) in [5.41, 5.74) is 4.68. The Balaban J connectivity index is 1.05. The van der Waals surface area contributed by atoms with Crippen LogP contribution in [0.1, 0.15) is 58.9 Å². The van der Waals surface area contributed by atoms with Gasteiger partial charge in [-0.25, -0.2) is 15.0 Å². The number of amides is 2. The first-order valence-corrected chi connectivity index (χ1v) is 14.6. The number of aliphatic hydroxyl groups excluding tert-OH is 1. The number of fused-ring (bicyclic) bond motifs is 1. The number of aliphatic hydroxyl groups is 1. The van der Waals surface area contributed by atoms with E-state index in [4.69, 9.17) is 9.15 Å². The number of carbonyl (C=O) groups excluding carboxylic acids is 2. The van der Waals surface area contributed by atoms with E-state index in [0.717, 1.165) is 49.6 Å². The van der Waals surface area contributed by atoms with Gasteiger partial charge in [-0.1, -0.05) is 19.9 Å². The molecule has 1 saturated heterocycles. The van der Waals surface area contributed by atoms with Gasteiger partial charge in [-0.2, -0.15) is 0 Å². The predicted octanol–water partition coefficient (Wildman–Crippen LogP) is 2.55. The molecule has 0 saturated carbocycles. The van der Waals surface area contributed by atoms with Crippen LogP contribution in [0.15, 0.2) is 41.5 Å². The summed E-state index contributed by atoms with van der Waals surface area (Å²) in [6, 6.07) is 5.76. The number of oxazole rings is 1. The van der Waals surface area contributed by atoms with Gasteiger partial charge in [0, 0.05) is 51.4 Å². The molecule has 0 aliphatic carbocycles. The third-order valence-electron chi connectivity index (χ3n) is 7.89. The maximum absolute atomic E-state index is 12.8. The Labute approximate surface area is 246 Å². The van der Waals surface area contributed by atoms with E-state index in [9.17, 15) is 14.7 Å². The van der Waals surface area contributed by atoms with Gasteiger partial charge in [-0.3, -0.25) is 14.5 Å². The third-order valence-corrected chi connectivity index (χ3v) is 7.89. The van der Waals surface area contributed by atoms with Crippen LogP contribution in [0.4, 0.5) is 0 Å². The Morgan fingerprint density at radius 3 is 2.83 bits per heavy atom. The van der Waals surface area contributed by atoms with Gasteiger partial charge < -0.3 is 24.5 Å². The van der Waals surface area contributed by atoms with Crippen LogP contribution in [-0.2, 0) is 30.8 Å². The van der Waals surface area contributed by atoms with Crippen molar-refractivity contribution in [2.75, 3.05) is 32.7 Å². The first-order chi connectivity index (χ1) is 20.2. The highest BCUT2D eigenvalue weighted by atomic mass is 16.5. The monoisotopic (exact) mass is 576 g/mol. The second-order valence-electron chi connectivity index (χ2n) is 11.8. The molecule has 0 unspecified atom stereocenters. The maximum Gasteiger partial charge on any atom is 0.270 e. The lowest BCUT2D eigenvalue weighted by Gasteiger charge is -2.39. The van der Waals surface area contributed by atoms with E-state index in [1.165, 1.54) is 23.8 Å². The zero-order valence-corrected chi connectivity index (χ0v) is 24.6. The number of benzene rings is 1. The summed E-state index contributed by atoms with van der Waals surface area (Å²) >= 11 is 0. The average molecular weight is 577 g/mol. The molecule has 0 radical (unpaired) electrons. The number of hydrogen-bond acceptors (Lipinski definition) is 9. The largest absolute Gasteiger partial charge is 0.485 e. The molecule has 2 aliphatic rings. The molecule has 2 amide bonds. The Morgan fingerprint density at radius 1 is 1.24 bits per heavy atom. The molecule has 1 fully saturated rings. The minimum atomic E-state index is -0.716. The summed E-state index contributed by atoms with van der Waals surface area (Å²) < 4.78 is 11.2. The summed E-state index contributed by atoms with van der Waals surface area (Å²) in [5, 5.41) is 13.5. The number of aromatic nitrogens is 3. The SMILES string of the molecule is Cc1c(OCc2cnco2)ccc2c1CCN(C[C@@H](O)CNC(=O)c1cc(CC3CN(C(=O)CC(C)C)C3)ncn1)C2. The molecule has 11 nitrogen and oxygen atoms in total. The lowest BCUT2D eigenvalue weighted by atomic mass is 9.93. The Hall–Kier alpha value is -3.83. The maximum atomic E-state index is 12.8. The smallest absolute Gasteiger partial charge is 0.270 e. The van der Waals surface area contributed by atoms with Crippen molar-refractivity contribution >= 4 is 11.8 Å². The van der Waals surface area contributed by atoms with Crippen LogP contribution >= 0.6 is 0 Å². The standard InChI is InChI=1S/C31H40N6O5/c1-20(2)8-30(39)37-13-22(14-37)9-24-10-28(35-18-34-24)31(40)33-11-25(38)16-36-7-6-27-21(3)29(5-4-23(27)15-36)41-17-26-12-32-19-42-26/h4-5,10,12,18-20,22,25,38H,6-9,11,13-17H2,1-3H3,(H,33,40)/t25-/m0/s1. The molecule has 0 spiro atoms. The van der Waals surface area contributed by atoms with Gasteiger partial charge in [0.2, 0.25) is 5.91 Å². The molecular formula is C31H40N6O5. The van der Waals surface area contributed by atoms with Crippen molar-refractivity contribution in [3.63, 3.8) is 0 Å². The molecule has 2 N–H and O–H groups in total. The first kappa shape index (κ1) is 29.7. The number of carbonyl (C=O) groups is 2. The number of β-amino-alcohol motifs (C(OH)–C–C–N with tert-alkyl or cyclic N) is 1. The molecular weight excluding hydrogens is 536 g/mol. The van der Waals surface area contributed by atoms with Gasteiger partial charge in [0.05, 0.1) is 12.3 Å². The van der Waals surface area contributed by atoms with Gasteiger partial charge >= 0.3 is 0 Å². The fourth-order valence-corrected chi connectivity index (χ4v) is 5.63. The molecule has 224 valence electrons. The quantitative estimate of drug-likeness (QED) is 0.334. The van der Waals surface area contributed by atoms with E-state index < -0.39 is 6.10 Å². The second kappa shape index (κ2) is 13.4. The van der Waals surface area contributed by atoms with Crippen LogP contribution in [-0.4, -0.2) is 80.5 Å². The van der Waals surface area contributed by atoms with Crippen LogP contribution in [0, 0.1) is 18.8 Å². The summed E-state index contributed by atoms with van der Waals surface area (Å²) in [4.78, 5) is 41.4. The van der Waals surface area contributed by atoms with E-state index in [0.29, 0.717) is 43.6 Å². The van der Waals surface area contributed by atoms with Crippen molar-refractivity contribution in [3.05, 3.63) is 71.0 Å². The molecule has 2 aromatic heterocycles. The van der Waals surface area contributed by atoms with Gasteiger partial charge in [0.15, 0.2) is 12.2 Å². The highest BCUT2D eigenvalue weighted by Crippen LogP contribution is 2.30. The summed E-state index contributed by atoms with van der Waals surface area (Å²) in [5.74, 6) is 2.07. The minimum absolute atomic E-state index is 0.129. The van der Waals surface area contributed by atoms with Crippen LogP contribution in [0.3, 0.4) is 0 Å². The molecule has 3 aromatic rings. The van der Waals surface area contributed by atoms with Crippen LogP contribution < -0.4 is 10.1 Å². The van der Waals surface area contributed by atoms with Crippen LogP contribution in [0.25, 0.3) is 0 Å².